The summed E-state index contributed by atoms with van der Waals surface area (Å²) < 4.78 is 48.8. The third kappa shape index (κ3) is 11.0. The van der Waals surface area contributed by atoms with E-state index in [1.54, 1.807) is 96.1 Å². The highest BCUT2D eigenvalue weighted by atomic mass is 16.7. The number of ether oxygens (including phenoxy) is 8. The van der Waals surface area contributed by atoms with Crippen molar-refractivity contribution in [3.63, 3.8) is 0 Å². The van der Waals surface area contributed by atoms with Crippen molar-refractivity contribution in [2.24, 2.45) is 34.5 Å². The Hall–Kier alpha value is -5.41. The number of Topliss-reactive ketones (excluding diaryl/α,β-unsaturated/α-hetero) is 1. The van der Waals surface area contributed by atoms with E-state index in [-0.39, 0.29) is 50.4 Å². The Labute approximate surface area is 406 Å². The van der Waals surface area contributed by atoms with E-state index in [2.05, 4.69) is 13.8 Å². The van der Waals surface area contributed by atoms with Gasteiger partial charge in [0.05, 0.1) is 30.1 Å². The Balaban J connectivity index is 1.44. The maximum atomic E-state index is 16.0. The van der Waals surface area contributed by atoms with Crippen LogP contribution in [0.5, 0.6) is 0 Å². The van der Waals surface area contributed by atoms with Crippen LogP contribution in [0.1, 0.15) is 110 Å². The summed E-state index contributed by atoms with van der Waals surface area (Å²) in [6.45, 7) is 18.8. The van der Waals surface area contributed by atoms with Gasteiger partial charge in [0.2, 0.25) is 0 Å². The Morgan fingerprint density at radius 2 is 1.39 bits per heavy atom. The van der Waals surface area contributed by atoms with Crippen molar-refractivity contribution < 1.29 is 67.0 Å². The van der Waals surface area contributed by atoms with E-state index < -0.39 is 94.2 Å². The highest BCUT2D eigenvalue weighted by Crippen LogP contribution is 2.63. The van der Waals surface area contributed by atoms with Crippen LogP contribution < -0.4 is 0 Å². The molecule has 1 heterocycles. The number of esters is 3. The molecule has 2 saturated carbocycles. The van der Waals surface area contributed by atoms with Gasteiger partial charge in [-0.2, -0.15) is 0 Å². The maximum absolute atomic E-state index is 16.0. The molecule has 0 aromatic heterocycles. The van der Waals surface area contributed by atoms with E-state index in [1.807, 2.05) is 43.3 Å². The van der Waals surface area contributed by atoms with Gasteiger partial charge in [-0.25, -0.2) is 14.4 Å². The van der Waals surface area contributed by atoms with E-state index in [9.17, 15) is 24.3 Å². The SMILES string of the molecule is CC(=O)O[C@@]12CO[C@@H]1C[C@H](OC(=O)OCc1ccccc1)[C@@]1(C)C(=O)[C@H](C)/C(=C(\C)[C@H](C)OC(=O)C(OCOCc3ccccc3)[C@@H](C)CC(C)C)C(C)(C)[C@](C)(O)[C@@H](OC(=O)c3ccccc3)[C@H]21. The molecule has 1 N–H and O–H groups in total. The fourth-order valence-corrected chi connectivity index (χ4v) is 11.0. The lowest BCUT2D eigenvalue weighted by Gasteiger charge is -2.66. The fraction of sp³-hybridized carbons (Fsp3) is 0.545. The molecule has 14 heteroatoms. The van der Waals surface area contributed by atoms with E-state index in [0.29, 0.717) is 23.1 Å². The Morgan fingerprint density at radius 1 is 0.812 bits per heavy atom. The standard InChI is InChI=1S/C55H70O14/c1-33(2)27-34(3)45(65-32-62-29-39-21-15-12-16-22-39)50(59)66-37(6)35(4)44-36(5)47(57)53(10)42(67-51(60)63-30-40-23-17-13-18-24-40)28-43-55(31-64-43,69-38(7)56)46(53)48(54(11,61)52(44,8)9)68-49(58)41-25-19-14-20-26-41/h12-26,33-34,36-37,42-43,45-46,48,61H,27-32H2,1-11H3/b44-35-/t34-,36+,37-,42-,43+,45?,46-,48-,53+,54+,55-/m0/s1. The summed E-state index contributed by atoms with van der Waals surface area (Å²) in [6, 6.07) is 26.8. The van der Waals surface area contributed by atoms with Gasteiger partial charge in [0.25, 0.3) is 0 Å². The van der Waals surface area contributed by atoms with Gasteiger partial charge in [0.15, 0.2) is 11.7 Å². The molecule has 2 aliphatic carbocycles. The van der Waals surface area contributed by atoms with Gasteiger partial charge in [-0.15, -0.1) is 0 Å². The molecule has 3 aliphatic rings. The molecular weight excluding hydrogens is 885 g/mol. The van der Waals surface area contributed by atoms with Crippen LogP contribution >= 0.6 is 0 Å². The molecule has 14 nitrogen and oxygen atoms in total. The Kier molecular flexibility index (Phi) is 16.7. The number of aliphatic hydroxyl groups is 1. The van der Waals surface area contributed by atoms with Crippen molar-refractivity contribution in [2.45, 2.75) is 144 Å². The number of ketones is 1. The molecule has 3 aromatic carbocycles. The maximum Gasteiger partial charge on any atom is 0.508 e. The second-order valence-electron chi connectivity index (χ2n) is 20.3. The first-order valence-electron chi connectivity index (χ1n) is 23.9. The van der Waals surface area contributed by atoms with Crippen LogP contribution in [-0.4, -0.2) is 90.1 Å². The summed E-state index contributed by atoms with van der Waals surface area (Å²) in [5.74, 6) is -5.06. The van der Waals surface area contributed by atoms with Crippen molar-refractivity contribution in [2.75, 3.05) is 13.4 Å². The van der Waals surface area contributed by atoms with Crippen molar-refractivity contribution in [3.8, 4) is 0 Å². The minimum Gasteiger partial charge on any atom is -0.456 e. The summed E-state index contributed by atoms with van der Waals surface area (Å²) in [6.07, 6.45) is -6.40. The van der Waals surface area contributed by atoms with E-state index in [4.69, 9.17) is 37.9 Å². The minimum absolute atomic E-state index is 0.110. The second-order valence-corrected chi connectivity index (χ2v) is 20.3. The number of hydrogen-bond acceptors (Lipinski definition) is 14. The van der Waals surface area contributed by atoms with Crippen molar-refractivity contribution in [3.05, 3.63) is 119 Å². The molecule has 69 heavy (non-hydrogen) atoms. The van der Waals surface area contributed by atoms with Gasteiger partial charge in [-0.05, 0) is 80.4 Å². The number of carbonyl (C=O) groups excluding carboxylic acids is 5. The van der Waals surface area contributed by atoms with Crippen LogP contribution in [0.25, 0.3) is 0 Å². The minimum atomic E-state index is -2.10. The second kappa shape index (κ2) is 21.7. The zero-order chi connectivity index (χ0) is 50.5. The summed E-state index contributed by atoms with van der Waals surface area (Å²) in [7, 11) is 0. The monoisotopic (exact) mass is 954 g/mol. The number of carbonyl (C=O) groups is 5. The lowest BCUT2D eigenvalue weighted by molar-refractivity contribution is -0.342. The smallest absolute Gasteiger partial charge is 0.456 e. The van der Waals surface area contributed by atoms with Crippen LogP contribution in [0.2, 0.25) is 0 Å². The number of rotatable bonds is 17. The summed E-state index contributed by atoms with van der Waals surface area (Å²) in [4.78, 5) is 71.7. The molecule has 6 rings (SSSR count). The molecule has 0 bridgehead atoms. The Morgan fingerprint density at radius 3 is 1.94 bits per heavy atom. The average molecular weight is 955 g/mol. The molecule has 1 aliphatic heterocycles. The van der Waals surface area contributed by atoms with Crippen LogP contribution in [0, 0.1) is 34.5 Å². The third-order valence-corrected chi connectivity index (χ3v) is 14.9. The van der Waals surface area contributed by atoms with Gasteiger partial charge in [-0.1, -0.05) is 120 Å². The topological polar surface area (TPSA) is 179 Å². The van der Waals surface area contributed by atoms with Crippen molar-refractivity contribution in [1.82, 2.24) is 0 Å². The average Bonchev–Trinajstić information content (AvgIpc) is 3.30. The third-order valence-electron chi connectivity index (χ3n) is 14.9. The molecule has 3 fully saturated rings. The molecule has 0 amide bonds. The summed E-state index contributed by atoms with van der Waals surface area (Å²) >= 11 is 0. The first-order valence-corrected chi connectivity index (χ1v) is 23.9. The lowest BCUT2D eigenvalue weighted by Crippen LogP contribution is -2.80. The van der Waals surface area contributed by atoms with Gasteiger partial charge in [0, 0.05) is 24.7 Å². The summed E-state index contributed by atoms with van der Waals surface area (Å²) in [5.41, 5.74) is -4.39. The number of hydrogen-bond donors (Lipinski definition) is 1. The predicted molar refractivity (Wildman–Crippen MR) is 254 cm³/mol. The molecular formula is C55H70O14. The normalized spacial score (nSPS) is 29.3. The molecule has 0 spiro atoms. The van der Waals surface area contributed by atoms with Gasteiger partial charge < -0.3 is 43.0 Å². The highest BCUT2D eigenvalue weighted by Gasteiger charge is 2.77. The highest BCUT2D eigenvalue weighted by molar-refractivity contribution is 5.92. The quantitative estimate of drug-likeness (QED) is 0.0445. The first-order chi connectivity index (χ1) is 32.6. The van der Waals surface area contributed by atoms with E-state index >= 15 is 4.79 Å². The van der Waals surface area contributed by atoms with Gasteiger partial charge in [0.1, 0.15) is 49.2 Å². The summed E-state index contributed by atoms with van der Waals surface area (Å²) in [5, 5.41) is 13.5. The van der Waals surface area contributed by atoms with Gasteiger partial charge >= 0.3 is 24.1 Å². The molecule has 1 unspecified atom stereocenters. The van der Waals surface area contributed by atoms with Crippen LogP contribution in [0.4, 0.5) is 4.79 Å². The van der Waals surface area contributed by atoms with Crippen LogP contribution in [-0.2, 0) is 65.5 Å². The van der Waals surface area contributed by atoms with Crippen molar-refractivity contribution in [1.29, 1.82) is 0 Å². The van der Waals surface area contributed by atoms with Gasteiger partial charge in [-0.3, -0.25) is 9.59 Å². The van der Waals surface area contributed by atoms with Crippen LogP contribution in [0.15, 0.2) is 102 Å². The van der Waals surface area contributed by atoms with E-state index in [1.165, 1.54) is 13.8 Å². The molecule has 3 aromatic rings. The molecule has 11 atom stereocenters. The first kappa shape index (κ1) is 53.0. The van der Waals surface area contributed by atoms with Crippen molar-refractivity contribution >= 4 is 29.8 Å². The largest absolute Gasteiger partial charge is 0.508 e. The van der Waals surface area contributed by atoms with Crippen LogP contribution in [0.3, 0.4) is 0 Å². The number of benzene rings is 3. The molecule has 1 saturated heterocycles. The fourth-order valence-electron chi connectivity index (χ4n) is 11.0. The number of fused-ring (bicyclic) bond motifs is 3. The zero-order valence-electron chi connectivity index (χ0n) is 41.9. The molecule has 374 valence electrons. The van der Waals surface area contributed by atoms with E-state index in [0.717, 1.165) is 5.56 Å². The Bertz CT molecular complexity index is 2310. The predicted octanol–water partition coefficient (Wildman–Crippen LogP) is 9.15. The lowest BCUT2D eigenvalue weighted by atomic mass is 9.45. The molecule has 0 radical (unpaired) electrons. The zero-order valence-corrected chi connectivity index (χ0v) is 41.9.